The maximum Gasteiger partial charge on any atom is 0.260 e. The lowest BCUT2D eigenvalue weighted by Gasteiger charge is -2.31. The Balaban J connectivity index is 0.00000200. The lowest BCUT2D eigenvalue weighted by molar-refractivity contribution is 0.00434. The van der Waals surface area contributed by atoms with Gasteiger partial charge in [0.1, 0.15) is 0 Å². The van der Waals surface area contributed by atoms with Gasteiger partial charge in [0, 0.05) is 25.7 Å². The first kappa shape index (κ1) is 17.4. The molecule has 0 spiro atoms. The van der Waals surface area contributed by atoms with E-state index < -0.39 is 10.0 Å². The van der Waals surface area contributed by atoms with Gasteiger partial charge in [-0.3, -0.25) is 4.68 Å². The number of sulfonamides is 1. The van der Waals surface area contributed by atoms with Gasteiger partial charge < -0.3 is 10.5 Å². The number of rotatable bonds is 4. The van der Waals surface area contributed by atoms with Crippen LogP contribution in [-0.4, -0.2) is 54.8 Å². The predicted octanol–water partition coefficient (Wildman–Crippen LogP) is 0.234. The molecular formula is C11H21ClN4O3S. The lowest BCUT2D eigenvalue weighted by atomic mass is 10.3. The zero-order valence-electron chi connectivity index (χ0n) is 11.6. The summed E-state index contributed by atoms with van der Waals surface area (Å²) in [5, 5.41) is 4.29. The molecule has 20 heavy (non-hydrogen) atoms. The van der Waals surface area contributed by atoms with Crippen molar-refractivity contribution in [2.24, 2.45) is 5.73 Å². The maximum absolute atomic E-state index is 12.6. The molecule has 9 heteroatoms. The van der Waals surface area contributed by atoms with Gasteiger partial charge in [-0.1, -0.05) is 0 Å². The van der Waals surface area contributed by atoms with E-state index in [0.717, 1.165) is 0 Å². The summed E-state index contributed by atoms with van der Waals surface area (Å²) in [6.07, 6.45) is 1.27. The summed E-state index contributed by atoms with van der Waals surface area (Å²) >= 11 is 0. The molecule has 0 amide bonds. The van der Waals surface area contributed by atoms with Crippen molar-refractivity contribution in [1.82, 2.24) is 14.1 Å². The van der Waals surface area contributed by atoms with Crippen molar-refractivity contribution >= 4 is 22.4 Å². The third kappa shape index (κ3) is 3.32. The standard InChI is InChI=1S/C11H20N4O3S.ClH/c1-9(2)15-11(3-4-13-15)19(16,17)14-5-6-18-10(7-12)8-14;/h3-4,9-10H,5-8,12H2,1-2H3;1H. The van der Waals surface area contributed by atoms with Crippen molar-refractivity contribution in [3.05, 3.63) is 12.3 Å². The molecular weight excluding hydrogens is 304 g/mol. The Bertz CT molecular complexity index is 532. The third-order valence-corrected chi connectivity index (χ3v) is 4.95. The van der Waals surface area contributed by atoms with Crippen LogP contribution in [0.3, 0.4) is 0 Å². The highest BCUT2D eigenvalue weighted by molar-refractivity contribution is 7.89. The van der Waals surface area contributed by atoms with Crippen molar-refractivity contribution in [2.75, 3.05) is 26.2 Å². The maximum atomic E-state index is 12.6. The molecule has 116 valence electrons. The van der Waals surface area contributed by atoms with E-state index in [-0.39, 0.29) is 29.6 Å². The molecule has 7 nitrogen and oxygen atoms in total. The van der Waals surface area contributed by atoms with E-state index >= 15 is 0 Å². The fourth-order valence-electron chi connectivity index (χ4n) is 2.08. The number of nitrogens with zero attached hydrogens (tertiary/aromatic N) is 3. The van der Waals surface area contributed by atoms with Crippen LogP contribution in [0.4, 0.5) is 0 Å². The van der Waals surface area contributed by atoms with E-state index in [9.17, 15) is 8.42 Å². The summed E-state index contributed by atoms with van der Waals surface area (Å²) in [5.41, 5.74) is 5.54. The molecule has 1 aliphatic rings. The molecule has 1 fully saturated rings. The van der Waals surface area contributed by atoms with Crippen LogP contribution in [-0.2, 0) is 14.8 Å². The van der Waals surface area contributed by atoms with Gasteiger partial charge >= 0.3 is 0 Å². The molecule has 1 atom stereocenters. The molecule has 1 aliphatic heterocycles. The summed E-state index contributed by atoms with van der Waals surface area (Å²) in [6, 6.07) is 1.52. The van der Waals surface area contributed by atoms with Crippen LogP contribution in [0.5, 0.6) is 0 Å². The van der Waals surface area contributed by atoms with E-state index in [1.165, 1.54) is 21.3 Å². The molecule has 1 saturated heterocycles. The van der Waals surface area contributed by atoms with Crippen LogP contribution in [0.15, 0.2) is 17.3 Å². The number of morpholine rings is 1. The smallest absolute Gasteiger partial charge is 0.260 e. The van der Waals surface area contributed by atoms with Gasteiger partial charge in [0.15, 0.2) is 5.03 Å². The van der Waals surface area contributed by atoms with E-state index in [1.54, 1.807) is 0 Å². The Hall–Kier alpha value is -0.670. The van der Waals surface area contributed by atoms with E-state index in [0.29, 0.717) is 26.2 Å². The molecule has 1 aromatic heterocycles. The van der Waals surface area contributed by atoms with Crippen LogP contribution in [0.25, 0.3) is 0 Å². The van der Waals surface area contributed by atoms with E-state index in [2.05, 4.69) is 5.10 Å². The van der Waals surface area contributed by atoms with Crippen molar-refractivity contribution in [1.29, 1.82) is 0 Å². The molecule has 0 radical (unpaired) electrons. The lowest BCUT2D eigenvalue weighted by Crippen LogP contribution is -2.48. The fourth-order valence-corrected chi connectivity index (χ4v) is 3.75. The Morgan fingerprint density at radius 2 is 2.25 bits per heavy atom. The number of hydrogen-bond donors (Lipinski definition) is 1. The average molecular weight is 325 g/mol. The quantitative estimate of drug-likeness (QED) is 0.856. The predicted molar refractivity (Wildman–Crippen MR) is 77.4 cm³/mol. The normalized spacial score (nSPS) is 20.9. The van der Waals surface area contributed by atoms with Crippen LogP contribution >= 0.6 is 12.4 Å². The van der Waals surface area contributed by atoms with Crippen LogP contribution in [0.1, 0.15) is 19.9 Å². The number of hydrogen-bond acceptors (Lipinski definition) is 5. The highest BCUT2D eigenvalue weighted by atomic mass is 35.5. The fraction of sp³-hybridized carbons (Fsp3) is 0.727. The van der Waals surface area contributed by atoms with Crippen molar-refractivity contribution < 1.29 is 13.2 Å². The molecule has 2 rings (SSSR count). The van der Waals surface area contributed by atoms with Crippen molar-refractivity contribution in [3.63, 3.8) is 0 Å². The monoisotopic (exact) mass is 324 g/mol. The van der Waals surface area contributed by atoms with Gasteiger partial charge in [0.2, 0.25) is 0 Å². The van der Waals surface area contributed by atoms with Gasteiger partial charge in [-0.25, -0.2) is 8.42 Å². The summed E-state index contributed by atoms with van der Waals surface area (Å²) < 4.78 is 33.5. The molecule has 2 heterocycles. The van der Waals surface area contributed by atoms with Crippen LogP contribution in [0.2, 0.25) is 0 Å². The number of nitrogens with two attached hydrogens (primary N) is 1. The van der Waals surface area contributed by atoms with Gasteiger partial charge in [-0.05, 0) is 19.9 Å². The highest BCUT2D eigenvalue weighted by Gasteiger charge is 2.32. The molecule has 1 aromatic rings. The summed E-state index contributed by atoms with van der Waals surface area (Å²) in [6.45, 7) is 5.12. The minimum atomic E-state index is -3.54. The second kappa shape index (κ2) is 6.86. The molecule has 2 N–H and O–H groups in total. The molecule has 0 aromatic carbocycles. The topological polar surface area (TPSA) is 90.5 Å². The second-order valence-corrected chi connectivity index (χ2v) is 6.68. The summed E-state index contributed by atoms with van der Waals surface area (Å²) in [4.78, 5) is 0. The minimum absolute atomic E-state index is 0. The number of ether oxygens (including phenoxy) is 1. The van der Waals surface area contributed by atoms with Gasteiger partial charge in [-0.15, -0.1) is 12.4 Å². The Morgan fingerprint density at radius 3 is 2.85 bits per heavy atom. The first-order chi connectivity index (χ1) is 8.96. The SMILES string of the molecule is CC(C)n1nccc1S(=O)(=O)N1CCOC(CN)C1.Cl. The second-order valence-electron chi connectivity index (χ2n) is 4.80. The first-order valence-corrected chi connectivity index (χ1v) is 7.76. The summed E-state index contributed by atoms with van der Waals surface area (Å²) in [7, 11) is -3.54. The Morgan fingerprint density at radius 1 is 1.55 bits per heavy atom. The Labute approximate surface area is 125 Å². The minimum Gasteiger partial charge on any atom is -0.374 e. The molecule has 0 bridgehead atoms. The molecule has 1 unspecified atom stereocenters. The molecule has 0 saturated carbocycles. The van der Waals surface area contributed by atoms with Gasteiger partial charge in [0.25, 0.3) is 10.0 Å². The van der Waals surface area contributed by atoms with E-state index in [1.807, 2.05) is 13.8 Å². The van der Waals surface area contributed by atoms with Crippen molar-refractivity contribution in [2.45, 2.75) is 31.0 Å². The molecule has 0 aliphatic carbocycles. The Kier molecular flexibility index (Phi) is 5.96. The number of halogens is 1. The first-order valence-electron chi connectivity index (χ1n) is 6.32. The largest absolute Gasteiger partial charge is 0.374 e. The number of aromatic nitrogens is 2. The van der Waals surface area contributed by atoms with Gasteiger partial charge in [0.05, 0.1) is 18.9 Å². The zero-order chi connectivity index (χ0) is 14.0. The van der Waals surface area contributed by atoms with Gasteiger partial charge in [-0.2, -0.15) is 9.40 Å². The highest BCUT2D eigenvalue weighted by Crippen LogP contribution is 2.20. The summed E-state index contributed by atoms with van der Waals surface area (Å²) in [5.74, 6) is 0. The average Bonchev–Trinajstić information content (AvgIpc) is 2.89. The van der Waals surface area contributed by atoms with E-state index in [4.69, 9.17) is 10.5 Å². The third-order valence-electron chi connectivity index (χ3n) is 3.09. The zero-order valence-corrected chi connectivity index (χ0v) is 13.2. The van der Waals surface area contributed by atoms with Crippen LogP contribution < -0.4 is 5.73 Å². The van der Waals surface area contributed by atoms with Crippen molar-refractivity contribution in [3.8, 4) is 0 Å². The van der Waals surface area contributed by atoms with Crippen LogP contribution in [0, 0.1) is 0 Å².